The number of esters is 1. The molecule has 0 saturated carbocycles. The molecule has 0 heterocycles. The summed E-state index contributed by atoms with van der Waals surface area (Å²) in [7, 11) is 1.17. The maximum Gasteiger partial charge on any atom is 0.408 e. The zero-order chi connectivity index (χ0) is 17.8. The lowest BCUT2D eigenvalue weighted by atomic mass is 9.92. The van der Waals surface area contributed by atoms with Gasteiger partial charge in [0.1, 0.15) is 28.7 Å². The molecule has 0 spiro atoms. The van der Waals surface area contributed by atoms with Gasteiger partial charge in [0.2, 0.25) is 0 Å². The van der Waals surface area contributed by atoms with Crippen LogP contribution in [-0.4, -0.2) is 36.2 Å². The monoisotopic (exact) mass is 323 g/mol. The van der Waals surface area contributed by atoms with Crippen LogP contribution in [0, 0.1) is 0 Å². The summed E-state index contributed by atoms with van der Waals surface area (Å²) in [6, 6.07) is 3.96. The second-order valence-electron chi connectivity index (χ2n) is 6.17. The van der Waals surface area contributed by atoms with Crippen molar-refractivity contribution in [2.45, 2.75) is 38.8 Å². The Morgan fingerprint density at radius 3 is 2.30 bits per heavy atom. The summed E-state index contributed by atoms with van der Waals surface area (Å²) >= 11 is 0. The lowest BCUT2D eigenvalue weighted by Gasteiger charge is -2.28. The molecule has 0 fully saturated rings. The van der Waals surface area contributed by atoms with Gasteiger partial charge in [0.05, 0.1) is 7.11 Å². The molecule has 0 aromatic heterocycles. The van der Waals surface area contributed by atoms with Gasteiger partial charge in [-0.05, 0) is 45.4 Å². The molecule has 1 aromatic carbocycles. The van der Waals surface area contributed by atoms with Crippen molar-refractivity contribution in [3.63, 3.8) is 0 Å². The van der Waals surface area contributed by atoms with E-state index >= 15 is 0 Å². The predicted octanol–water partition coefficient (Wildman–Crippen LogP) is 2.12. The van der Waals surface area contributed by atoms with Crippen LogP contribution in [0.15, 0.2) is 18.2 Å². The maximum absolute atomic E-state index is 11.9. The number of rotatable bonds is 4. The van der Waals surface area contributed by atoms with Gasteiger partial charge in [-0.2, -0.15) is 0 Å². The summed E-state index contributed by atoms with van der Waals surface area (Å²) in [5.41, 5.74) is -1.96. The SMILES string of the molecule is COC(=O)c1cc(C(C)(C=O)NC(=O)OC(C)(C)C)ccc1O. The van der Waals surface area contributed by atoms with Gasteiger partial charge >= 0.3 is 12.1 Å². The zero-order valence-electron chi connectivity index (χ0n) is 13.8. The molecule has 126 valence electrons. The predicted molar refractivity (Wildman–Crippen MR) is 82.2 cm³/mol. The Hall–Kier alpha value is -2.57. The third-order valence-electron chi connectivity index (χ3n) is 3.00. The number of benzene rings is 1. The number of carbonyl (C=O) groups is 3. The Bertz CT molecular complexity index is 619. The Labute approximate surface area is 134 Å². The van der Waals surface area contributed by atoms with Crippen molar-refractivity contribution < 1.29 is 29.0 Å². The van der Waals surface area contributed by atoms with Gasteiger partial charge in [0.25, 0.3) is 0 Å². The number of phenolic OH excluding ortho intramolecular Hbond substituents is 1. The molecule has 0 saturated heterocycles. The largest absolute Gasteiger partial charge is 0.507 e. The van der Waals surface area contributed by atoms with Crippen LogP contribution in [0.3, 0.4) is 0 Å². The average Bonchev–Trinajstić information content (AvgIpc) is 2.44. The van der Waals surface area contributed by atoms with Gasteiger partial charge < -0.3 is 24.7 Å². The molecule has 0 aliphatic rings. The highest BCUT2D eigenvalue weighted by atomic mass is 16.6. The molecule has 0 aliphatic heterocycles. The van der Waals surface area contributed by atoms with Gasteiger partial charge in [0, 0.05) is 0 Å². The summed E-state index contributed by atoms with van der Waals surface area (Å²) in [5, 5.41) is 12.2. The second kappa shape index (κ2) is 6.68. The lowest BCUT2D eigenvalue weighted by Crippen LogP contribution is -2.47. The molecular formula is C16H21NO6. The second-order valence-corrected chi connectivity index (χ2v) is 6.17. The van der Waals surface area contributed by atoms with Crippen molar-refractivity contribution >= 4 is 18.3 Å². The van der Waals surface area contributed by atoms with E-state index in [1.165, 1.54) is 32.2 Å². The number of phenols is 1. The third kappa shape index (κ3) is 4.70. The van der Waals surface area contributed by atoms with Crippen molar-refractivity contribution in [3.05, 3.63) is 29.3 Å². The number of carbonyl (C=O) groups excluding carboxylic acids is 3. The van der Waals surface area contributed by atoms with E-state index in [1.54, 1.807) is 20.8 Å². The smallest absolute Gasteiger partial charge is 0.408 e. The van der Waals surface area contributed by atoms with Crippen LogP contribution in [0.5, 0.6) is 5.75 Å². The first-order valence-corrected chi connectivity index (χ1v) is 6.91. The zero-order valence-corrected chi connectivity index (χ0v) is 13.8. The molecule has 1 amide bonds. The maximum atomic E-state index is 11.9. The molecule has 1 rings (SSSR count). The number of ether oxygens (including phenoxy) is 2. The van der Waals surface area contributed by atoms with E-state index < -0.39 is 23.2 Å². The van der Waals surface area contributed by atoms with Gasteiger partial charge in [0.15, 0.2) is 0 Å². The highest BCUT2D eigenvalue weighted by Crippen LogP contribution is 2.26. The Morgan fingerprint density at radius 2 is 1.83 bits per heavy atom. The number of hydrogen-bond acceptors (Lipinski definition) is 6. The summed E-state index contributed by atoms with van der Waals surface area (Å²) in [6.45, 7) is 6.54. The van der Waals surface area contributed by atoms with Crippen molar-refractivity contribution in [2.24, 2.45) is 0 Å². The molecule has 1 atom stereocenters. The van der Waals surface area contributed by atoms with Gasteiger partial charge in [-0.3, -0.25) is 0 Å². The van der Waals surface area contributed by atoms with E-state index in [0.717, 1.165) is 0 Å². The van der Waals surface area contributed by atoms with Gasteiger partial charge in [-0.25, -0.2) is 9.59 Å². The van der Waals surface area contributed by atoms with E-state index in [4.69, 9.17) is 4.74 Å². The highest BCUT2D eigenvalue weighted by Gasteiger charge is 2.31. The Morgan fingerprint density at radius 1 is 1.22 bits per heavy atom. The molecule has 23 heavy (non-hydrogen) atoms. The quantitative estimate of drug-likeness (QED) is 0.650. The van der Waals surface area contributed by atoms with Crippen molar-refractivity contribution in [3.8, 4) is 5.75 Å². The summed E-state index contributed by atoms with van der Waals surface area (Å²) in [6.07, 6.45) is -0.260. The highest BCUT2D eigenvalue weighted by molar-refractivity contribution is 5.93. The Kier molecular flexibility index (Phi) is 5.37. The minimum Gasteiger partial charge on any atom is -0.507 e. The molecule has 7 nitrogen and oxygen atoms in total. The number of nitrogens with one attached hydrogen (secondary N) is 1. The van der Waals surface area contributed by atoms with E-state index in [9.17, 15) is 19.5 Å². The third-order valence-corrected chi connectivity index (χ3v) is 3.00. The number of methoxy groups -OCH3 is 1. The minimum absolute atomic E-state index is 0.107. The summed E-state index contributed by atoms with van der Waals surface area (Å²) in [5.74, 6) is -1.04. The van der Waals surface area contributed by atoms with Crippen LogP contribution in [-0.2, 0) is 19.8 Å². The van der Waals surface area contributed by atoms with Crippen LogP contribution >= 0.6 is 0 Å². The number of hydrogen-bond donors (Lipinski definition) is 2. The van der Waals surface area contributed by atoms with Gasteiger partial charge in [-0.15, -0.1) is 0 Å². The molecule has 1 aromatic rings. The average molecular weight is 323 g/mol. The minimum atomic E-state index is -1.43. The number of aldehydes is 1. The van der Waals surface area contributed by atoms with Crippen LogP contribution in [0.2, 0.25) is 0 Å². The molecule has 0 radical (unpaired) electrons. The van der Waals surface area contributed by atoms with E-state index in [-0.39, 0.29) is 11.3 Å². The fraction of sp³-hybridized carbons (Fsp3) is 0.438. The summed E-state index contributed by atoms with van der Waals surface area (Å²) in [4.78, 5) is 35.1. The lowest BCUT2D eigenvalue weighted by molar-refractivity contribution is -0.113. The summed E-state index contributed by atoms with van der Waals surface area (Å²) < 4.78 is 9.70. The number of aromatic hydroxyl groups is 1. The first-order chi connectivity index (χ1) is 10.5. The fourth-order valence-corrected chi connectivity index (χ4v) is 1.82. The first kappa shape index (κ1) is 18.5. The van der Waals surface area contributed by atoms with E-state index in [0.29, 0.717) is 11.8 Å². The van der Waals surface area contributed by atoms with Crippen LogP contribution in [0.4, 0.5) is 4.79 Å². The number of alkyl carbamates (subject to hydrolysis) is 1. The topological polar surface area (TPSA) is 102 Å². The number of amides is 1. The molecule has 1 unspecified atom stereocenters. The standard InChI is InChI=1S/C16H21NO6/c1-15(2,3)23-14(21)17-16(4,9-18)10-6-7-12(19)11(8-10)13(20)22-5/h6-9,19H,1-5H3,(H,17,21). The molecule has 2 N–H and O–H groups in total. The molecule has 7 heteroatoms. The fourth-order valence-electron chi connectivity index (χ4n) is 1.82. The normalized spacial score (nSPS) is 13.6. The van der Waals surface area contributed by atoms with Crippen molar-refractivity contribution in [2.75, 3.05) is 7.11 Å². The van der Waals surface area contributed by atoms with E-state index in [2.05, 4.69) is 10.1 Å². The van der Waals surface area contributed by atoms with Crippen LogP contribution < -0.4 is 5.32 Å². The molecular weight excluding hydrogens is 302 g/mol. The molecule has 0 bridgehead atoms. The molecule has 0 aliphatic carbocycles. The van der Waals surface area contributed by atoms with Crippen molar-refractivity contribution in [1.82, 2.24) is 5.32 Å². The van der Waals surface area contributed by atoms with E-state index in [1.807, 2.05) is 0 Å². The van der Waals surface area contributed by atoms with Crippen LogP contribution in [0.1, 0.15) is 43.6 Å². The first-order valence-electron chi connectivity index (χ1n) is 6.91. The van der Waals surface area contributed by atoms with Crippen molar-refractivity contribution in [1.29, 1.82) is 0 Å². The van der Waals surface area contributed by atoms with Gasteiger partial charge in [-0.1, -0.05) is 6.07 Å². The Balaban J connectivity index is 3.16. The van der Waals surface area contributed by atoms with Crippen LogP contribution in [0.25, 0.3) is 0 Å².